The highest BCUT2D eigenvalue weighted by atomic mass is 32.2. The van der Waals surface area contributed by atoms with E-state index < -0.39 is 9.84 Å². The molecule has 0 spiro atoms. The second-order valence-corrected chi connectivity index (χ2v) is 7.56. The number of nitrogens with one attached hydrogen (secondary N) is 1. The average Bonchev–Trinajstić information content (AvgIpc) is 2.54. The molecule has 1 N–H and O–H groups in total. The van der Waals surface area contributed by atoms with Gasteiger partial charge in [-0.1, -0.05) is 18.2 Å². The predicted molar refractivity (Wildman–Crippen MR) is 96.5 cm³/mol. The van der Waals surface area contributed by atoms with Gasteiger partial charge in [0.05, 0.1) is 25.5 Å². The van der Waals surface area contributed by atoms with Crippen LogP contribution in [0.4, 0.5) is 0 Å². The third kappa shape index (κ3) is 9.36. The third-order valence-corrected chi connectivity index (χ3v) is 4.05. The summed E-state index contributed by atoms with van der Waals surface area (Å²) in [5.41, 5.74) is 0. The summed E-state index contributed by atoms with van der Waals surface area (Å²) in [7, 11) is 0.664. The highest BCUT2D eigenvalue weighted by Crippen LogP contribution is 2.07. The number of rotatable bonds is 10. The number of nitrogens with zero attached hydrogens (tertiary/aromatic N) is 2. The van der Waals surface area contributed by atoms with Crippen LogP contribution in [0.3, 0.4) is 0 Å². The Hall–Kier alpha value is -1.80. The first-order valence-corrected chi connectivity index (χ1v) is 9.83. The highest BCUT2D eigenvalue weighted by Gasteiger charge is 2.06. The van der Waals surface area contributed by atoms with Gasteiger partial charge in [0.15, 0.2) is 5.96 Å². The van der Waals surface area contributed by atoms with E-state index in [0.717, 1.165) is 11.7 Å². The molecule has 0 aliphatic carbocycles. The first-order chi connectivity index (χ1) is 11.4. The minimum atomic E-state index is -2.97. The number of benzene rings is 1. The Morgan fingerprint density at radius 3 is 2.54 bits per heavy atom. The molecule has 0 bridgehead atoms. The lowest BCUT2D eigenvalue weighted by molar-refractivity contribution is 0.153. The second-order valence-electron chi connectivity index (χ2n) is 5.30. The zero-order chi connectivity index (χ0) is 17.8. The van der Waals surface area contributed by atoms with E-state index >= 15 is 0 Å². The van der Waals surface area contributed by atoms with Crippen LogP contribution in [0.5, 0.6) is 5.75 Å². The molecule has 0 fully saturated rings. The lowest BCUT2D eigenvalue weighted by Crippen LogP contribution is -2.42. The number of hydrogen-bond donors (Lipinski definition) is 1. The van der Waals surface area contributed by atoms with Crippen LogP contribution in [0.2, 0.25) is 0 Å². The zero-order valence-corrected chi connectivity index (χ0v) is 15.4. The minimum Gasteiger partial charge on any atom is -0.492 e. The molecular formula is C16H27N3O4S. The van der Waals surface area contributed by atoms with Gasteiger partial charge in [-0.2, -0.15) is 0 Å². The van der Waals surface area contributed by atoms with Crippen molar-refractivity contribution in [1.29, 1.82) is 0 Å². The van der Waals surface area contributed by atoms with E-state index in [9.17, 15) is 8.42 Å². The van der Waals surface area contributed by atoms with Crippen molar-refractivity contribution in [3.8, 4) is 5.75 Å². The van der Waals surface area contributed by atoms with E-state index in [2.05, 4.69) is 10.3 Å². The molecule has 0 atom stereocenters. The maximum Gasteiger partial charge on any atom is 0.193 e. The van der Waals surface area contributed by atoms with Gasteiger partial charge in [-0.3, -0.25) is 4.99 Å². The third-order valence-electron chi connectivity index (χ3n) is 3.14. The fourth-order valence-electron chi connectivity index (χ4n) is 1.86. The van der Waals surface area contributed by atoms with Crippen molar-refractivity contribution >= 4 is 15.8 Å². The van der Waals surface area contributed by atoms with Crippen molar-refractivity contribution in [3.05, 3.63) is 30.3 Å². The normalized spacial score (nSPS) is 12.0. The SMILES string of the molecule is CN=C(NCCOCCS(C)(=O)=O)N(C)CCOc1ccccc1. The lowest BCUT2D eigenvalue weighted by Gasteiger charge is -2.22. The molecule has 7 nitrogen and oxygen atoms in total. The Morgan fingerprint density at radius 2 is 1.92 bits per heavy atom. The summed E-state index contributed by atoms with van der Waals surface area (Å²) in [6.45, 7) is 2.42. The van der Waals surface area contributed by atoms with Gasteiger partial charge in [0.1, 0.15) is 22.2 Å². The first kappa shape index (κ1) is 20.2. The molecule has 136 valence electrons. The summed E-state index contributed by atoms with van der Waals surface area (Å²) in [5.74, 6) is 1.62. The second kappa shape index (κ2) is 10.9. The lowest BCUT2D eigenvalue weighted by atomic mass is 10.3. The highest BCUT2D eigenvalue weighted by molar-refractivity contribution is 7.90. The molecule has 1 rings (SSSR count). The number of aliphatic imine (C=N–C) groups is 1. The molecule has 0 heterocycles. The van der Waals surface area contributed by atoms with Crippen molar-refractivity contribution < 1.29 is 17.9 Å². The van der Waals surface area contributed by atoms with Gasteiger partial charge in [0, 0.05) is 26.9 Å². The maximum atomic E-state index is 11.0. The van der Waals surface area contributed by atoms with Crippen LogP contribution in [0.25, 0.3) is 0 Å². The van der Waals surface area contributed by atoms with Crippen LogP contribution in [0.15, 0.2) is 35.3 Å². The summed E-state index contributed by atoms with van der Waals surface area (Å²) in [5, 5.41) is 3.16. The molecule has 0 saturated carbocycles. The van der Waals surface area contributed by atoms with E-state index in [1.165, 1.54) is 6.26 Å². The van der Waals surface area contributed by atoms with Gasteiger partial charge in [0.2, 0.25) is 0 Å². The summed E-state index contributed by atoms with van der Waals surface area (Å²) in [6.07, 6.45) is 1.20. The molecule has 0 unspecified atom stereocenters. The topological polar surface area (TPSA) is 80.2 Å². The van der Waals surface area contributed by atoms with Crippen molar-refractivity contribution in [2.75, 3.05) is 59.0 Å². The molecule has 0 aliphatic rings. The zero-order valence-electron chi connectivity index (χ0n) is 14.6. The Bertz CT molecular complexity index is 591. The summed E-state index contributed by atoms with van der Waals surface area (Å²) < 4.78 is 32.9. The minimum absolute atomic E-state index is 0.0401. The van der Waals surface area contributed by atoms with Crippen molar-refractivity contribution in [2.45, 2.75) is 0 Å². The largest absolute Gasteiger partial charge is 0.492 e. The molecule has 1 aromatic rings. The number of hydrogen-bond acceptors (Lipinski definition) is 5. The van der Waals surface area contributed by atoms with Crippen LogP contribution >= 0.6 is 0 Å². The number of para-hydroxylation sites is 1. The molecule has 1 aromatic carbocycles. The van der Waals surface area contributed by atoms with E-state index in [1.54, 1.807) is 7.05 Å². The predicted octanol–water partition coefficient (Wildman–Crippen LogP) is 0.634. The quantitative estimate of drug-likeness (QED) is 0.376. The van der Waals surface area contributed by atoms with E-state index in [4.69, 9.17) is 9.47 Å². The Morgan fingerprint density at radius 1 is 1.21 bits per heavy atom. The Balaban J connectivity index is 2.18. The van der Waals surface area contributed by atoms with Gasteiger partial charge in [-0.05, 0) is 12.1 Å². The molecule has 0 saturated heterocycles. The first-order valence-electron chi connectivity index (χ1n) is 7.77. The smallest absolute Gasteiger partial charge is 0.193 e. The fraction of sp³-hybridized carbons (Fsp3) is 0.562. The van der Waals surface area contributed by atoms with Crippen molar-refractivity contribution in [3.63, 3.8) is 0 Å². The van der Waals surface area contributed by atoms with Gasteiger partial charge < -0.3 is 19.7 Å². The van der Waals surface area contributed by atoms with Crippen LogP contribution in [0.1, 0.15) is 0 Å². The van der Waals surface area contributed by atoms with Crippen LogP contribution in [-0.4, -0.2) is 78.3 Å². The number of guanidine groups is 1. The van der Waals surface area contributed by atoms with Gasteiger partial charge >= 0.3 is 0 Å². The van der Waals surface area contributed by atoms with E-state index in [0.29, 0.717) is 26.3 Å². The Kier molecular flexibility index (Phi) is 9.18. The monoisotopic (exact) mass is 357 g/mol. The summed E-state index contributed by atoms with van der Waals surface area (Å²) in [6, 6.07) is 9.65. The molecular weight excluding hydrogens is 330 g/mol. The van der Waals surface area contributed by atoms with Crippen LogP contribution in [0, 0.1) is 0 Å². The molecule has 0 aromatic heterocycles. The van der Waals surface area contributed by atoms with Crippen molar-refractivity contribution in [2.24, 2.45) is 4.99 Å². The van der Waals surface area contributed by atoms with Gasteiger partial charge in [-0.15, -0.1) is 0 Å². The molecule has 0 radical (unpaired) electrons. The summed E-state index contributed by atoms with van der Waals surface area (Å²) >= 11 is 0. The number of ether oxygens (including phenoxy) is 2. The van der Waals surface area contributed by atoms with Gasteiger partial charge in [0.25, 0.3) is 0 Å². The van der Waals surface area contributed by atoms with Crippen molar-refractivity contribution in [1.82, 2.24) is 10.2 Å². The molecule has 0 amide bonds. The fourth-order valence-corrected chi connectivity index (χ4v) is 2.28. The van der Waals surface area contributed by atoms with E-state index in [1.807, 2.05) is 42.3 Å². The van der Waals surface area contributed by atoms with E-state index in [-0.39, 0.29) is 12.4 Å². The average molecular weight is 357 g/mol. The molecule has 24 heavy (non-hydrogen) atoms. The number of likely N-dealkylation sites (N-methyl/N-ethyl adjacent to an activating group) is 1. The maximum absolute atomic E-state index is 11.0. The standard InChI is InChI=1S/C16H27N3O4S/c1-17-16(18-9-11-22-13-14-24(3,20)21)19(2)10-12-23-15-7-5-4-6-8-15/h4-8H,9-14H2,1-3H3,(H,17,18). The molecule has 0 aliphatic heterocycles. The van der Waals surface area contributed by atoms with Crippen LogP contribution < -0.4 is 10.1 Å². The number of sulfone groups is 1. The van der Waals surface area contributed by atoms with Crippen LogP contribution in [-0.2, 0) is 14.6 Å². The van der Waals surface area contributed by atoms with Gasteiger partial charge in [-0.25, -0.2) is 8.42 Å². The molecule has 8 heteroatoms. The Labute approximate surface area is 144 Å². The summed E-state index contributed by atoms with van der Waals surface area (Å²) in [4.78, 5) is 6.15.